The SMILES string of the molecule is O=C(c1cnc(-c2ccsc2)s1)N1CCCC1CO. The molecule has 0 aliphatic carbocycles. The van der Waals surface area contributed by atoms with E-state index in [2.05, 4.69) is 4.98 Å². The third kappa shape index (κ3) is 2.43. The van der Waals surface area contributed by atoms with Gasteiger partial charge in [0, 0.05) is 17.5 Å². The molecule has 0 aromatic carbocycles. The Labute approximate surface area is 119 Å². The summed E-state index contributed by atoms with van der Waals surface area (Å²) in [7, 11) is 0. The van der Waals surface area contributed by atoms with Gasteiger partial charge in [-0.25, -0.2) is 4.98 Å². The van der Waals surface area contributed by atoms with Crippen LogP contribution >= 0.6 is 22.7 Å². The lowest BCUT2D eigenvalue weighted by molar-refractivity contribution is 0.0682. The molecule has 1 N–H and O–H groups in total. The average molecular weight is 294 g/mol. The average Bonchev–Trinajstić information content (AvgIpc) is 3.16. The first-order chi connectivity index (χ1) is 9.29. The van der Waals surface area contributed by atoms with Gasteiger partial charge in [-0.2, -0.15) is 11.3 Å². The fourth-order valence-electron chi connectivity index (χ4n) is 2.33. The number of hydrogen-bond acceptors (Lipinski definition) is 5. The van der Waals surface area contributed by atoms with Crippen molar-refractivity contribution in [3.63, 3.8) is 0 Å². The van der Waals surface area contributed by atoms with Gasteiger partial charge >= 0.3 is 0 Å². The Kier molecular flexibility index (Phi) is 3.63. The zero-order valence-corrected chi connectivity index (χ0v) is 11.9. The normalized spacial score (nSPS) is 19.0. The van der Waals surface area contributed by atoms with E-state index in [1.165, 1.54) is 11.3 Å². The molecule has 2 aromatic rings. The van der Waals surface area contributed by atoms with E-state index >= 15 is 0 Å². The molecule has 0 radical (unpaired) electrons. The van der Waals surface area contributed by atoms with E-state index in [1.807, 2.05) is 16.8 Å². The summed E-state index contributed by atoms with van der Waals surface area (Å²) in [5.74, 6) is -0.00414. The molecule has 4 nitrogen and oxygen atoms in total. The number of aromatic nitrogens is 1. The molecule has 1 aliphatic rings. The van der Waals surface area contributed by atoms with Gasteiger partial charge < -0.3 is 10.0 Å². The molecule has 1 unspecified atom stereocenters. The summed E-state index contributed by atoms with van der Waals surface area (Å²) < 4.78 is 0. The summed E-state index contributed by atoms with van der Waals surface area (Å²) in [6.07, 6.45) is 3.50. The lowest BCUT2D eigenvalue weighted by Crippen LogP contribution is -2.37. The minimum Gasteiger partial charge on any atom is -0.394 e. The topological polar surface area (TPSA) is 53.4 Å². The highest BCUT2D eigenvalue weighted by atomic mass is 32.1. The Balaban J connectivity index is 1.81. The first kappa shape index (κ1) is 12.8. The number of thiophene rings is 1. The number of carbonyl (C=O) groups is 1. The fourth-order valence-corrected chi connectivity index (χ4v) is 3.91. The molecule has 1 atom stereocenters. The van der Waals surface area contributed by atoms with E-state index in [-0.39, 0.29) is 18.6 Å². The van der Waals surface area contributed by atoms with Crippen LogP contribution in [0.4, 0.5) is 0 Å². The standard InChI is InChI=1S/C13H14N2O2S2/c16-7-10-2-1-4-15(10)13(17)11-6-14-12(19-11)9-3-5-18-8-9/h3,5-6,8,10,16H,1-2,4,7H2. The second kappa shape index (κ2) is 5.40. The monoisotopic (exact) mass is 294 g/mol. The molecule has 0 bridgehead atoms. The second-order valence-electron chi connectivity index (χ2n) is 4.52. The summed E-state index contributed by atoms with van der Waals surface area (Å²) >= 11 is 3.04. The third-order valence-corrected chi connectivity index (χ3v) is 5.05. The smallest absolute Gasteiger partial charge is 0.265 e. The summed E-state index contributed by atoms with van der Waals surface area (Å²) in [6, 6.07) is 1.98. The van der Waals surface area contributed by atoms with Crippen LogP contribution in [0.5, 0.6) is 0 Å². The van der Waals surface area contributed by atoms with Crippen molar-refractivity contribution in [1.82, 2.24) is 9.88 Å². The van der Waals surface area contributed by atoms with Crippen molar-refractivity contribution in [3.05, 3.63) is 27.9 Å². The fraction of sp³-hybridized carbons (Fsp3) is 0.385. The van der Waals surface area contributed by atoms with Gasteiger partial charge in [0.15, 0.2) is 0 Å². The van der Waals surface area contributed by atoms with E-state index in [0.29, 0.717) is 4.88 Å². The molecular formula is C13H14N2O2S2. The van der Waals surface area contributed by atoms with Crippen LogP contribution in [0.25, 0.3) is 10.6 Å². The number of aliphatic hydroxyl groups is 1. The summed E-state index contributed by atoms with van der Waals surface area (Å²) in [5, 5.41) is 14.2. The zero-order valence-electron chi connectivity index (χ0n) is 10.3. The van der Waals surface area contributed by atoms with Crippen molar-refractivity contribution >= 4 is 28.6 Å². The molecule has 1 aliphatic heterocycles. The molecule has 3 heterocycles. The van der Waals surface area contributed by atoms with Crippen LogP contribution in [0.2, 0.25) is 0 Å². The quantitative estimate of drug-likeness (QED) is 0.946. The molecule has 3 rings (SSSR count). The van der Waals surface area contributed by atoms with Gasteiger partial charge in [0.2, 0.25) is 0 Å². The molecule has 6 heteroatoms. The van der Waals surface area contributed by atoms with Crippen molar-refractivity contribution in [2.75, 3.05) is 13.2 Å². The van der Waals surface area contributed by atoms with Crippen LogP contribution < -0.4 is 0 Å². The molecule has 1 fully saturated rings. The second-order valence-corrected chi connectivity index (χ2v) is 6.33. The van der Waals surface area contributed by atoms with Crippen LogP contribution in [0.3, 0.4) is 0 Å². The maximum atomic E-state index is 12.4. The summed E-state index contributed by atoms with van der Waals surface area (Å²) in [6.45, 7) is 0.775. The molecular weight excluding hydrogens is 280 g/mol. The van der Waals surface area contributed by atoms with Crippen molar-refractivity contribution in [2.24, 2.45) is 0 Å². The highest BCUT2D eigenvalue weighted by molar-refractivity contribution is 7.17. The lowest BCUT2D eigenvalue weighted by Gasteiger charge is -2.21. The number of rotatable bonds is 3. The number of carbonyl (C=O) groups excluding carboxylic acids is 1. The molecule has 0 spiro atoms. The Morgan fingerprint density at radius 3 is 3.21 bits per heavy atom. The van der Waals surface area contributed by atoms with E-state index in [4.69, 9.17) is 0 Å². The first-order valence-corrected chi connectivity index (χ1v) is 7.96. The van der Waals surface area contributed by atoms with Crippen molar-refractivity contribution in [1.29, 1.82) is 0 Å². The van der Waals surface area contributed by atoms with Crippen LogP contribution in [-0.2, 0) is 0 Å². The Morgan fingerprint density at radius 2 is 2.47 bits per heavy atom. The van der Waals surface area contributed by atoms with Crippen molar-refractivity contribution in [2.45, 2.75) is 18.9 Å². The van der Waals surface area contributed by atoms with Crippen LogP contribution in [0.15, 0.2) is 23.0 Å². The van der Waals surface area contributed by atoms with E-state index in [0.717, 1.165) is 30.0 Å². The van der Waals surface area contributed by atoms with Crippen LogP contribution in [0.1, 0.15) is 22.5 Å². The zero-order chi connectivity index (χ0) is 13.2. The van der Waals surface area contributed by atoms with E-state index in [9.17, 15) is 9.90 Å². The first-order valence-electron chi connectivity index (χ1n) is 6.20. The highest BCUT2D eigenvalue weighted by Crippen LogP contribution is 2.29. The molecule has 100 valence electrons. The molecule has 0 saturated carbocycles. The van der Waals surface area contributed by atoms with Gasteiger partial charge in [0.05, 0.1) is 18.8 Å². The Morgan fingerprint density at radius 1 is 1.58 bits per heavy atom. The third-order valence-electron chi connectivity index (χ3n) is 3.33. The molecule has 1 amide bonds. The minimum atomic E-state index is -0.0285. The number of nitrogens with zero attached hydrogens (tertiary/aromatic N) is 2. The number of amides is 1. The number of aliphatic hydroxyl groups excluding tert-OH is 1. The van der Waals surface area contributed by atoms with Crippen molar-refractivity contribution < 1.29 is 9.90 Å². The van der Waals surface area contributed by atoms with Crippen LogP contribution in [0, 0.1) is 0 Å². The maximum Gasteiger partial charge on any atom is 0.265 e. The maximum absolute atomic E-state index is 12.4. The molecule has 1 saturated heterocycles. The van der Waals surface area contributed by atoms with Gasteiger partial charge in [-0.15, -0.1) is 11.3 Å². The van der Waals surface area contributed by atoms with Gasteiger partial charge in [0.25, 0.3) is 5.91 Å². The van der Waals surface area contributed by atoms with Crippen LogP contribution in [-0.4, -0.2) is 40.1 Å². The molecule has 2 aromatic heterocycles. The van der Waals surface area contributed by atoms with E-state index in [1.54, 1.807) is 22.4 Å². The number of likely N-dealkylation sites (tertiary alicyclic amines) is 1. The summed E-state index contributed by atoms with van der Waals surface area (Å²) in [4.78, 5) is 19.1. The predicted octanol–water partition coefficient (Wildman–Crippen LogP) is 2.47. The minimum absolute atomic E-state index is 0.00414. The summed E-state index contributed by atoms with van der Waals surface area (Å²) in [5.41, 5.74) is 1.06. The highest BCUT2D eigenvalue weighted by Gasteiger charge is 2.29. The van der Waals surface area contributed by atoms with Crippen molar-refractivity contribution in [3.8, 4) is 10.6 Å². The molecule has 19 heavy (non-hydrogen) atoms. The predicted molar refractivity (Wildman–Crippen MR) is 76.6 cm³/mol. The number of hydrogen-bond donors (Lipinski definition) is 1. The van der Waals surface area contributed by atoms with Gasteiger partial charge in [-0.1, -0.05) is 0 Å². The lowest BCUT2D eigenvalue weighted by atomic mass is 10.2. The van der Waals surface area contributed by atoms with E-state index < -0.39 is 0 Å². The van der Waals surface area contributed by atoms with Gasteiger partial charge in [-0.05, 0) is 24.3 Å². The Bertz CT molecular complexity index is 565. The van der Waals surface area contributed by atoms with Gasteiger partial charge in [-0.3, -0.25) is 4.79 Å². The largest absolute Gasteiger partial charge is 0.394 e. The number of thiazole rings is 1. The Hall–Kier alpha value is -1.24. The van der Waals surface area contributed by atoms with Gasteiger partial charge in [0.1, 0.15) is 9.88 Å².